The second-order valence-electron chi connectivity index (χ2n) is 5.39. The fourth-order valence-corrected chi connectivity index (χ4v) is 3.86. The highest BCUT2D eigenvalue weighted by Crippen LogP contribution is 2.22. The lowest BCUT2D eigenvalue weighted by atomic mass is 10.3. The number of hydrogen-bond acceptors (Lipinski definition) is 3. The lowest BCUT2D eigenvalue weighted by Crippen LogP contribution is -2.41. The van der Waals surface area contributed by atoms with E-state index in [-0.39, 0.29) is 6.42 Å². The largest absolute Gasteiger partial charge is 0.311 e. The molecule has 0 radical (unpaired) electrons. The van der Waals surface area contributed by atoms with Gasteiger partial charge in [0, 0.05) is 18.3 Å². The summed E-state index contributed by atoms with van der Waals surface area (Å²) < 4.78 is 53.2. The Morgan fingerprint density at radius 1 is 1.04 bits per heavy atom. The van der Waals surface area contributed by atoms with E-state index in [9.17, 15) is 22.0 Å². The Bertz CT molecular complexity index is 852. The van der Waals surface area contributed by atoms with E-state index >= 15 is 0 Å². The number of nitrogens with one attached hydrogen (secondary N) is 1. The molecule has 2 aromatic carbocycles. The van der Waals surface area contributed by atoms with Gasteiger partial charge in [-0.15, -0.1) is 0 Å². The van der Waals surface area contributed by atoms with E-state index in [0.717, 1.165) is 0 Å². The Morgan fingerprint density at radius 2 is 1.67 bits per heavy atom. The van der Waals surface area contributed by atoms with E-state index < -0.39 is 38.5 Å². The number of sulfonamides is 1. The number of benzene rings is 2. The van der Waals surface area contributed by atoms with Crippen LogP contribution in [0.1, 0.15) is 6.42 Å². The van der Waals surface area contributed by atoms with Gasteiger partial charge in [-0.05, 0) is 30.7 Å². The number of rotatable bonds is 4. The van der Waals surface area contributed by atoms with Gasteiger partial charge < -0.3 is 4.90 Å². The predicted molar refractivity (Wildman–Crippen MR) is 83.9 cm³/mol. The van der Waals surface area contributed by atoms with Gasteiger partial charge in [-0.3, -0.25) is 4.79 Å². The van der Waals surface area contributed by atoms with Crippen molar-refractivity contribution in [3.8, 4) is 0 Å². The van der Waals surface area contributed by atoms with Crippen LogP contribution in [0.15, 0.2) is 53.4 Å². The molecule has 3 rings (SSSR count). The number of carbonyl (C=O) groups excluding carboxylic acids is 1. The van der Waals surface area contributed by atoms with Crippen molar-refractivity contribution in [3.05, 3.63) is 60.2 Å². The fraction of sp³-hybridized carbons (Fsp3) is 0.188. The van der Waals surface area contributed by atoms with Gasteiger partial charge in [0.25, 0.3) is 0 Å². The normalized spacial score (nSPS) is 18.2. The average molecular weight is 352 g/mol. The first kappa shape index (κ1) is 16.5. The van der Waals surface area contributed by atoms with Gasteiger partial charge in [0.2, 0.25) is 15.9 Å². The van der Waals surface area contributed by atoms with Crippen LogP contribution in [0.3, 0.4) is 0 Å². The molecule has 126 valence electrons. The molecule has 1 aliphatic heterocycles. The highest BCUT2D eigenvalue weighted by atomic mass is 32.2. The number of halogens is 2. The maximum atomic E-state index is 13.2. The zero-order valence-electron chi connectivity index (χ0n) is 12.4. The standard InChI is InChI=1S/C16H14F2N2O3S/c17-11-8-12(18)10-14(9-11)24(22,23)19-15-6-7-20(16(15)21)13-4-2-1-3-5-13/h1-5,8-10,15,19H,6-7H2/t15-/m0/s1. The van der Waals surface area contributed by atoms with Gasteiger partial charge in [0.1, 0.15) is 17.7 Å². The van der Waals surface area contributed by atoms with Gasteiger partial charge in [-0.25, -0.2) is 17.2 Å². The van der Waals surface area contributed by atoms with Gasteiger partial charge in [0.05, 0.1) is 4.90 Å². The molecule has 1 aliphatic rings. The fourth-order valence-electron chi connectivity index (χ4n) is 2.59. The minimum atomic E-state index is -4.20. The van der Waals surface area contributed by atoms with Crippen molar-refractivity contribution in [2.45, 2.75) is 17.4 Å². The quantitative estimate of drug-likeness (QED) is 0.916. The van der Waals surface area contributed by atoms with Gasteiger partial charge in [-0.1, -0.05) is 18.2 Å². The third-order valence-electron chi connectivity index (χ3n) is 3.72. The smallest absolute Gasteiger partial charge is 0.245 e. The van der Waals surface area contributed by atoms with Crippen molar-refractivity contribution < 1.29 is 22.0 Å². The highest BCUT2D eigenvalue weighted by molar-refractivity contribution is 7.89. The maximum absolute atomic E-state index is 13.2. The SMILES string of the molecule is O=C1[C@@H](NS(=O)(=O)c2cc(F)cc(F)c2)CCN1c1ccccc1. The zero-order chi connectivity index (χ0) is 17.3. The van der Waals surface area contributed by atoms with Gasteiger partial charge >= 0.3 is 0 Å². The van der Waals surface area contributed by atoms with Crippen LogP contribution in [0.4, 0.5) is 14.5 Å². The average Bonchev–Trinajstić information content (AvgIpc) is 2.88. The van der Waals surface area contributed by atoms with Crippen LogP contribution >= 0.6 is 0 Å². The van der Waals surface area contributed by atoms with Crippen LogP contribution in [-0.2, 0) is 14.8 Å². The number of anilines is 1. The first-order chi connectivity index (χ1) is 11.4. The molecule has 1 atom stereocenters. The summed E-state index contributed by atoms with van der Waals surface area (Å²) in [6.45, 7) is 0.355. The molecule has 0 unspecified atom stereocenters. The zero-order valence-corrected chi connectivity index (χ0v) is 13.3. The van der Waals surface area contributed by atoms with Crippen LogP contribution in [0.5, 0.6) is 0 Å². The molecule has 0 saturated carbocycles. The summed E-state index contributed by atoms with van der Waals surface area (Å²) >= 11 is 0. The monoisotopic (exact) mass is 352 g/mol. The Morgan fingerprint density at radius 3 is 2.29 bits per heavy atom. The van der Waals surface area contributed by atoms with Crippen LogP contribution in [-0.4, -0.2) is 26.9 Å². The molecule has 8 heteroatoms. The molecule has 0 aromatic heterocycles. The molecule has 1 N–H and O–H groups in total. The molecule has 1 heterocycles. The molecule has 0 bridgehead atoms. The van der Waals surface area contributed by atoms with E-state index in [1.54, 1.807) is 24.3 Å². The van der Waals surface area contributed by atoms with Crippen molar-refractivity contribution in [1.29, 1.82) is 0 Å². The molecule has 1 amide bonds. The molecule has 0 aliphatic carbocycles. The van der Waals surface area contributed by atoms with Crippen molar-refractivity contribution in [1.82, 2.24) is 4.72 Å². The minimum absolute atomic E-state index is 0.269. The number of para-hydroxylation sites is 1. The molecule has 1 fully saturated rings. The Labute approximate surface area is 138 Å². The van der Waals surface area contributed by atoms with Crippen molar-refractivity contribution in [2.24, 2.45) is 0 Å². The van der Waals surface area contributed by atoms with Gasteiger partial charge in [0.15, 0.2) is 0 Å². The second-order valence-corrected chi connectivity index (χ2v) is 7.11. The Kier molecular flexibility index (Phi) is 4.33. The summed E-state index contributed by atoms with van der Waals surface area (Å²) in [4.78, 5) is 13.3. The van der Waals surface area contributed by atoms with E-state index in [2.05, 4.69) is 4.72 Å². The molecular formula is C16H14F2N2O3S. The van der Waals surface area contributed by atoms with E-state index in [0.29, 0.717) is 30.4 Å². The topological polar surface area (TPSA) is 66.5 Å². The number of carbonyl (C=O) groups is 1. The molecule has 5 nitrogen and oxygen atoms in total. The second kappa shape index (κ2) is 6.29. The predicted octanol–water partition coefficient (Wildman–Crippen LogP) is 2.05. The van der Waals surface area contributed by atoms with Gasteiger partial charge in [-0.2, -0.15) is 4.72 Å². The number of hydrogen-bond donors (Lipinski definition) is 1. The lowest BCUT2D eigenvalue weighted by Gasteiger charge is -2.17. The van der Waals surface area contributed by atoms with E-state index in [4.69, 9.17) is 0 Å². The minimum Gasteiger partial charge on any atom is -0.311 e. The molecular weight excluding hydrogens is 338 g/mol. The number of amides is 1. The van der Waals surface area contributed by atoms with Crippen molar-refractivity contribution >= 4 is 21.6 Å². The third-order valence-corrected chi connectivity index (χ3v) is 5.17. The molecule has 0 spiro atoms. The van der Waals surface area contributed by atoms with Crippen LogP contribution in [0, 0.1) is 11.6 Å². The summed E-state index contributed by atoms with van der Waals surface area (Å²) in [5, 5.41) is 0. The Hall–Kier alpha value is -2.32. The van der Waals surface area contributed by atoms with Crippen LogP contribution in [0.25, 0.3) is 0 Å². The Balaban J connectivity index is 1.80. The molecule has 24 heavy (non-hydrogen) atoms. The summed E-state index contributed by atoms with van der Waals surface area (Å²) in [5.41, 5.74) is 0.668. The number of nitrogens with zero attached hydrogens (tertiary/aromatic N) is 1. The summed E-state index contributed by atoms with van der Waals surface area (Å²) in [6.07, 6.45) is 0.269. The summed E-state index contributed by atoms with van der Waals surface area (Å²) in [7, 11) is -4.20. The first-order valence-corrected chi connectivity index (χ1v) is 8.70. The van der Waals surface area contributed by atoms with Crippen LogP contribution in [0.2, 0.25) is 0 Å². The molecule has 1 saturated heterocycles. The highest BCUT2D eigenvalue weighted by Gasteiger charge is 2.35. The third kappa shape index (κ3) is 3.29. The summed E-state index contributed by atoms with van der Waals surface area (Å²) in [6, 6.07) is 9.87. The van der Waals surface area contributed by atoms with Crippen molar-refractivity contribution in [3.63, 3.8) is 0 Å². The van der Waals surface area contributed by atoms with Crippen LogP contribution < -0.4 is 9.62 Å². The summed E-state index contributed by atoms with van der Waals surface area (Å²) in [5.74, 6) is -2.40. The van der Waals surface area contributed by atoms with E-state index in [1.807, 2.05) is 6.07 Å². The molecule has 2 aromatic rings. The van der Waals surface area contributed by atoms with Crippen molar-refractivity contribution in [2.75, 3.05) is 11.4 Å². The maximum Gasteiger partial charge on any atom is 0.245 e. The lowest BCUT2D eigenvalue weighted by molar-refractivity contribution is -0.118. The van der Waals surface area contributed by atoms with E-state index in [1.165, 1.54) is 4.90 Å². The first-order valence-electron chi connectivity index (χ1n) is 7.22.